The Hall–Kier alpha value is -1.52. The second-order valence-electron chi connectivity index (χ2n) is 2.28. The summed E-state index contributed by atoms with van der Waals surface area (Å²) >= 11 is 0. The van der Waals surface area contributed by atoms with Crippen LogP contribution in [-0.2, 0) is 11.3 Å². The lowest BCUT2D eigenvalue weighted by Gasteiger charge is -1.98. The zero-order valence-electron chi connectivity index (χ0n) is 6.96. The van der Waals surface area contributed by atoms with Gasteiger partial charge >= 0.3 is 6.09 Å². The van der Waals surface area contributed by atoms with Crippen LogP contribution in [0.5, 0.6) is 0 Å². The molecular weight excluding hydrogens is 160 g/mol. The van der Waals surface area contributed by atoms with E-state index in [1.165, 1.54) is 7.11 Å². The summed E-state index contributed by atoms with van der Waals surface area (Å²) in [6, 6.07) is 1.75. The Morgan fingerprint density at radius 2 is 2.58 bits per heavy atom. The maximum atomic E-state index is 10.6. The molecule has 0 unspecified atom stereocenters. The third kappa shape index (κ3) is 2.26. The fourth-order valence-electron chi connectivity index (χ4n) is 0.731. The van der Waals surface area contributed by atoms with Gasteiger partial charge in [-0.1, -0.05) is 5.16 Å². The van der Waals surface area contributed by atoms with Crippen LogP contribution in [0.15, 0.2) is 10.6 Å². The van der Waals surface area contributed by atoms with E-state index in [-0.39, 0.29) is 0 Å². The van der Waals surface area contributed by atoms with Crippen LogP contribution in [0, 0.1) is 6.92 Å². The molecule has 0 aliphatic heterocycles. The minimum Gasteiger partial charge on any atom is -0.453 e. The lowest BCUT2D eigenvalue weighted by molar-refractivity contribution is 0.169. The fraction of sp³-hybridized carbons (Fsp3) is 0.429. The number of aryl methyl sites for hydroxylation is 1. The van der Waals surface area contributed by atoms with Crippen LogP contribution in [0.25, 0.3) is 0 Å². The number of nitrogens with one attached hydrogen (secondary N) is 1. The van der Waals surface area contributed by atoms with Crippen molar-refractivity contribution in [1.82, 2.24) is 10.5 Å². The highest BCUT2D eigenvalue weighted by Crippen LogP contribution is 2.00. The van der Waals surface area contributed by atoms with E-state index < -0.39 is 6.09 Å². The first kappa shape index (κ1) is 8.58. The molecule has 0 saturated heterocycles. The summed E-state index contributed by atoms with van der Waals surface area (Å²) < 4.78 is 9.21. The van der Waals surface area contributed by atoms with E-state index in [4.69, 9.17) is 4.52 Å². The molecule has 1 N–H and O–H groups in total. The molecule has 66 valence electrons. The summed E-state index contributed by atoms with van der Waals surface area (Å²) in [5.41, 5.74) is 0.789. The highest BCUT2D eigenvalue weighted by atomic mass is 16.5. The maximum absolute atomic E-state index is 10.6. The van der Waals surface area contributed by atoms with E-state index in [0.717, 1.165) is 5.69 Å². The largest absolute Gasteiger partial charge is 0.453 e. The fourth-order valence-corrected chi connectivity index (χ4v) is 0.731. The van der Waals surface area contributed by atoms with Crippen molar-refractivity contribution < 1.29 is 14.1 Å². The second kappa shape index (κ2) is 3.75. The summed E-state index contributed by atoms with van der Waals surface area (Å²) in [6.07, 6.45) is -0.482. The van der Waals surface area contributed by atoms with Gasteiger partial charge in [0.05, 0.1) is 19.3 Å². The van der Waals surface area contributed by atoms with E-state index in [2.05, 4.69) is 15.2 Å². The summed E-state index contributed by atoms with van der Waals surface area (Å²) in [5, 5.41) is 6.12. The predicted molar refractivity (Wildman–Crippen MR) is 40.5 cm³/mol. The van der Waals surface area contributed by atoms with Crippen LogP contribution in [0.2, 0.25) is 0 Å². The van der Waals surface area contributed by atoms with E-state index in [0.29, 0.717) is 12.3 Å². The molecule has 1 aromatic rings. The van der Waals surface area contributed by atoms with Gasteiger partial charge in [-0.3, -0.25) is 0 Å². The second-order valence-corrected chi connectivity index (χ2v) is 2.28. The molecule has 5 heteroatoms. The van der Waals surface area contributed by atoms with Crippen molar-refractivity contribution >= 4 is 6.09 Å². The van der Waals surface area contributed by atoms with E-state index in [9.17, 15) is 4.79 Å². The number of ether oxygens (including phenoxy) is 1. The molecule has 1 amide bonds. The molecule has 1 rings (SSSR count). The van der Waals surface area contributed by atoms with Crippen molar-refractivity contribution in [3.05, 3.63) is 17.5 Å². The number of carbonyl (C=O) groups excluding carboxylic acids is 1. The molecule has 0 radical (unpaired) electrons. The van der Waals surface area contributed by atoms with Crippen LogP contribution in [0.1, 0.15) is 11.5 Å². The molecule has 12 heavy (non-hydrogen) atoms. The van der Waals surface area contributed by atoms with Gasteiger partial charge in [-0.2, -0.15) is 0 Å². The van der Waals surface area contributed by atoms with Crippen molar-refractivity contribution in [2.45, 2.75) is 13.5 Å². The molecule has 0 fully saturated rings. The van der Waals surface area contributed by atoms with Gasteiger partial charge in [0.1, 0.15) is 0 Å². The first-order chi connectivity index (χ1) is 5.72. The molecular formula is C7H10N2O3. The number of hydrogen-bond acceptors (Lipinski definition) is 4. The molecule has 0 saturated carbocycles. The zero-order chi connectivity index (χ0) is 8.97. The third-order valence-electron chi connectivity index (χ3n) is 1.27. The average molecular weight is 170 g/mol. The molecule has 0 spiro atoms. The van der Waals surface area contributed by atoms with Crippen molar-refractivity contribution in [3.8, 4) is 0 Å². The van der Waals surface area contributed by atoms with Gasteiger partial charge in [-0.15, -0.1) is 0 Å². The average Bonchev–Trinajstić information content (AvgIpc) is 2.47. The van der Waals surface area contributed by atoms with Gasteiger partial charge in [0, 0.05) is 6.07 Å². The Kier molecular flexibility index (Phi) is 2.68. The Morgan fingerprint density at radius 1 is 1.83 bits per heavy atom. The van der Waals surface area contributed by atoms with Crippen LogP contribution in [-0.4, -0.2) is 18.4 Å². The van der Waals surface area contributed by atoms with Gasteiger partial charge in [0.15, 0.2) is 5.76 Å². The number of methoxy groups -OCH3 is 1. The molecule has 1 heterocycles. The van der Waals surface area contributed by atoms with Crippen LogP contribution in [0.3, 0.4) is 0 Å². The first-order valence-electron chi connectivity index (χ1n) is 3.46. The lowest BCUT2D eigenvalue weighted by atomic mass is 10.4. The highest BCUT2D eigenvalue weighted by molar-refractivity contribution is 5.66. The molecule has 0 aliphatic rings. The van der Waals surface area contributed by atoms with Crippen molar-refractivity contribution in [3.63, 3.8) is 0 Å². The highest BCUT2D eigenvalue weighted by Gasteiger charge is 2.02. The number of alkyl carbamates (subject to hydrolysis) is 1. The number of aromatic nitrogens is 1. The van der Waals surface area contributed by atoms with Gasteiger partial charge in [0.2, 0.25) is 0 Å². The summed E-state index contributed by atoms with van der Waals surface area (Å²) in [4.78, 5) is 10.6. The summed E-state index contributed by atoms with van der Waals surface area (Å²) in [7, 11) is 1.31. The van der Waals surface area contributed by atoms with Crippen molar-refractivity contribution in [2.75, 3.05) is 7.11 Å². The minimum absolute atomic E-state index is 0.299. The molecule has 5 nitrogen and oxygen atoms in total. The molecule has 0 bridgehead atoms. The smallest absolute Gasteiger partial charge is 0.407 e. The quantitative estimate of drug-likeness (QED) is 0.714. The normalized spacial score (nSPS) is 9.50. The monoisotopic (exact) mass is 170 g/mol. The van der Waals surface area contributed by atoms with E-state index >= 15 is 0 Å². The van der Waals surface area contributed by atoms with E-state index in [1.807, 2.05) is 6.92 Å². The van der Waals surface area contributed by atoms with Crippen molar-refractivity contribution in [2.24, 2.45) is 0 Å². The van der Waals surface area contributed by atoms with Crippen LogP contribution >= 0.6 is 0 Å². The Bertz CT molecular complexity index is 269. The first-order valence-corrected chi connectivity index (χ1v) is 3.46. The summed E-state index contributed by atoms with van der Waals surface area (Å²) in [6.45, 7) is 2.11. The third-order valence-corrected chi connectivity index (χ3v) is 1.27. The topological polar surface area (TPSA) is 64.4 Å². The molecule has 0 atom stereocenters. The standard InChI is InChI=1S/C7H10N2O3/c1-5-3-6(12-9-5)4-8-7(10)11-2/h3H,4H2,1-2H3,(H,8,10). The molecule has 0 aromatic carbocycles. The Balaban J connectivity index is 2.38. The van der Waals surface area contributed by atoms with E-state index in [1.54, 1.807) is 6.07 Å². The minimum atomic E-state index is -0.482. The molecule has 1 aromatic heterocycles. The van der Waals surface area contributed by atoms with Crippen molar-refractivity contribution in [1.29, 1.82) is 0 Å². The Labute approximate surface area is 69.7 Å². The van der Waals surface area contributed by atoms with Gasteiger partial charge in [0.25, 0.3) is 0 Å². The SMILES string of the molecule is COC(=O)NCc1cc(C)no1. The molecule has 0 aliphatic carbocycles. The maximum Gasteiger partial charge on any atom is 0.407 e. The number of hydrogen-bond donors (Lipinski definition) is 1. The zero-order valence-corrected chi connectivity index (χ0v) is 6.96. The number of nitrogens with zero attached hydrogens (tertiary/aromatic N) is 1. The summed E-state index contributed by atoms with van der Waals surface area (Å²) in [5.74, 6) is 0.609. The van der Waals surface area contributed by atoms with Gasteiger partial charge in [-0.05, 0) is 6.92 Å². The Morgan fingerprint density at radius 3 is 3.08 bits per heavy atom. The predicted octanol–water partition coefficient (Wildman–Crippen LogP) is 0.839. The number of rotatable bonds is 2. The number of carbonyl (C=O) groups is 1. The van der Waals surface area contributed by atoms with Gasteiger partial charge in [-0.25, -0.2) is 4.79 Å². The van der Waals surface area contributed by atoms with Crippen LogP contribution in [0.4, 0.5) is 4.79 Å². The lowest BCUT2D eigenvalue weighted by Crippen LogP contribution is -2.21. The number of amides is 1. The van der Waals surface area contributed by atoms with Crippen LogP contribution < -0.4 is 5.32 Å². The van der Waals surface area contributed by atoms with Gasteiger partial charge < -0.3 is 14.6 Å².